The Morgan fingerprint density at radius 2 is 2.04 bits per heavy atom. The first-order chi connectivity index (χ1) is 13.4. The van der Waals surface area contributed by atoms with Crippen molar-refractivity contribution >= 4 is 40.8 Å². The molecule has 0 atom stereocenters. The Morgan fingerprint density at radius 3 is 2.82 bits per heavy atom. The molecule has 1 N–H and O–H groups in total. The van der Waals surface area contributed by atoms with Crippen molar-refractivity contribution in [2.45, 2.75) is 13.3 Å². The van der Waals surface area contributed by atoms with E-state index >= 15 is 0 Å². The summed E-state index contributed by atoms with van der Waals surface area (Å²) in [5.41, 5.74) is 2.03. The quantitative estimate of drug-likeness (QED) is 0.751. The molecule has 0 saturated heterocycles. The molecule has 2 aromatic carbocycles. The first-order valence-electron chi connectivity index (χ1n) is 8.68. The standard InChI is InChI=1S/C20H19ClN2O5/c1-13-6-7-14(10-15(13)21)22-18(24)11-28-20(26)8-9-23-16-4-2-3-5-17(16)27-12-19(23)25/h2-7,10H,8-9,11-12H2,1H3,(H,22,24). The molecule has 2 amide bonds. The number of carbonyl (C=O) groups excluding carboxylic acids is 3. The summed E-state index contributed by atoms with van der Waals surface area (Å²) in [5, 5.41) is 3.14. The smallest absolute Gasteiger partial charge is 0.308 e. The van der Waals surface area contributed by atoms with Crippen molar-refractivity contribution in [2.24, 2.45) is 0 Å². The fourth-order valence-electron chi connectivity index (χ4n) is 2.69. The van der Waals surface area contributed by atoms with E-state index in [-0.39, 0.29) is 25.5 Å². The number of amides is 2. The van der Waals surface area contributed by atoms with Crippen LogP contribution in [-0.4, -0.2) is 37.5 Å². The Kier molecular flexibility index (Phi) is 6.16. The van der Waals surface area contributed by atoms with Gasteiger partial charge in [0.25, 0.3) is 11.8 Å². The van der Waals surface area contributed by atoms with Crippen molar-refractivity contribution in [3.63, 3.8) is 0 Å². The lowest BCUT2D eigenvalue weighted by Crippen LogP contribution is -2.40. The zero-order valence-corrected chi connectivity index (χ0v) is 16.0. The molecule has 0 aromatic heterocycles. The Morgan fingerprint density at radius 1 is 1.25 bits per heavy atom. The average Bonchev–Trinajstić information content (AvgIpc) is 2.68. The summed E-state index contributed by atoms with van der Waals surface area (Å²) in [7, 11) is 0. The average molecular weight is 403 g/mol. The van der Waals surface area contributed by atoms with Crippen molar-refractivity contribution in [2.75, 3.05) is 30.0 Å². The minimum Gasteiger partial charge on any atom is -0.482 e. The molecule has 2 aromatic rings. The van der Waals surface area contributed by atoms with Crippen molar-refractivity contribution in [1.29, 1.82) is 0 Å². The van der Waals surface area contributed by atoms with E-state index < -0.39 is 18.5 Å². The maximum absolute atomic E-state index is 12.1. The highest BCUT2D eigenvalue weighted by atomic mass is 35.5. The minimum absolute atomic E-state index is 0.0380. The molecule has 8 heteroatoms. The number of carbonyl (C=O) groups is 3. The molecule has 0 fully saturated rings. The second-order valence-electron chi connectivity index (χ2n) is 6.22. The molecule has 0 unspecified atom stereocenters. The van der Waals surface area contributed by atoms with Crippen molar-refractivity contribution in [1.82, 2.24) is 0 Å². The number of ether oxygens (including phenoxy) is 2. The lowest BCUT2D eigenvalue weighted by Gasteiger charge is -2.28. The summed E-state index contributed by atoms with van der Waals surface area (Å²) < 4.78 is 10.3. The maximum Gasteiger partial charge on any atom is 0.308 e. The topological polar surface area (TPSA) is 84.9 Å². The van der Waals surface area contributed by atoms with Gasteiger partial charge in [0.05, 0.1) is 12.1 Å². The van der Waals surface area contributed by atoms with Gasteiger partial charge in [-0.05, 0) is 36.8 Å². The van der Waals surface area contributed by atoms with Crippen LogP contribution in [0.5, 0.6) is 5.75 Å². The molecule has 1 heterocycles. The highest BCUT2D eigenvalue weighted by molar-refractivity contribution is 6.31. The summed E-state index contributed by atoms with van der Waals surface area (Å²) in [6, 6.07) is 12.2. The highest BCUT2D eigenvalue weighted by Crippen LogP contribution is 2.31. The lowest BCUT2D eigenvalue weighted by molar-refractivity contribution is -0.147. The molecule has 0 spiro atoms. The number of nitrogens with zero attached hydrogens (tertiary/aromatic N) is 1. The summed E-state index contributed by atoms with van der Waals surface area (Å²) in [4.78, 5) is 37.4. The van der Waals surface area contributed by atoms with Crippen LogP contribution in [0.3, 0.4) is 0 Å². The lowest BCUT2D eigenvalue weighted by atomic mass is 10.2. The summed E-state index contributed by atoms with van der Waals surface area (Å²) in [5.74, 6) is -0.693. The van der Waals surface area contributed by atoms with E-state index in [0.29, 0.717) is 22.1 Å². The van der Waals surface area contributed by atoms with Crippen LogP contribution < -0.4 is 15.0 Å². The Labute approximate surface area is 167 Å². The fourth-order valence-corrected chi connectivity index (χ4v) is 2.87. The van der Waals surface area contributed by atoms with Gasteiger partial charge in [-0.15, -0.1) is 0 Å². The highest BCUT2D eigenvalue weighted by Gasteiger charge is 2.25. The summed E-state index contributed by atoms with van der Waals surface area (Å²) in [6.45, 7) is 1.51. The van der Waals surface area contributed by atoms with E-state index in [1.165, 1.54) is 4.90 Å². The minimum atomic E-state index is -0.575. The number of benzene rings is 2. The van der Waals surface area contributed by atoms with Gasteiger partial charge in [-0.2, -0.15) is 0 Å². The molecule has 7 nitrogen and oxygen atoms in total. The van der Waals surface area contributed by atoms with Gasteiger partial charge in [0.2, 0.25) is 0 Å². The predicted octanol–water partition coefficient (Wildman–Crippen LogP) is 2.95. The van der Waals surface area contributed by atoms with E-state index in [0.717, 1.165) is 5.56 Å². The number of fused-ring (bicyclic) bond motifs is 1. The number of aryl methyl sites for hydroxylation is 1. The number of hydrogen-bond donors (Lipinski definition) is 1. The molecule has 1 aliphatic heterocycles. The van der Waals surface area contributed by atoms with E-state index in [1.54, 1.807) is 42.5 Å². The SMILES string of the molecule is Cc1ccc(NC(=O)COC(=O)CCN2C(=O)COc3ccccc32)cc1Cl. The van der Waals surface area contributed by atoms with Crippen LogP contribution in [0.1, 0.15) is 12.0 Å². The van der Waals surface area contributed by atoms with Gasteiger partial charge in [-0.3, -0.25) is 14.4 Å². The molecule has 146 valence electrons. The van der Waals surface area contributed by atoms with Gasteiger partial charge in [0.15, 0.2) is 13.2 Å². The van der Waals surface area contributed by atoms with Gasteiger partial charge >= 0.3 is 5.97 Å². The molecule has 28 heavy (non-hydrogen) atoms. The number of rotatable bonds is 6. The largest absolute Gasteiger partial charge is 0.482 e. The van der Waals surface area contributed by atoms with Crippen LogP contribution in [0.2, 0.25) is 5.02 Å². The molecule has 1 aliphatic rings. The molecule has 0 bridgehead atoms. The first-order valence-corrected chi connectivity index (χ1v) is 9.05. The third-order valence-corrected chi connectivity index (χ3v) is 4.57. The molecule has 0 radical (unpaired) electrons. The number of esters is 1. The predicted molar refractivity (Wildman–Crippen MR) is 105 cm³/mol. The summed E-state index contributed by atoms with van der Waals surface area (Å²) in [6.07, 6.45) is -0.0380. The normalized spacial score (nSPS) is 12.8. The van der Waals surface area contributed by atoms with Crippen molar-refractivity contribution in [3.05, 3.63) is 53.1 Å². The number of nitrogens with one attached hydrogen (secondary N) is 1. The van der Waals surface area contributed by atoms with E-state index in [9.17, 15) is 14.4 Å². The molecule has 0 aliphatic carbocycles. The Hall–Kier alpha value is -3.06. The van der Waals surface area contributed by atoms with E-state index in [1.807, 2.05) is 6.92 Å². The molecule has 0 saturated carbocycles. The monoisotopic (exact) mass is 402 g/mol. The third kappa shape index (κ3) is 4.80. The summed E-state index contributed by atoms with van der Waals surface area (Å²) >= 11 is 6.01. The Balaban J connectivity index is 1.47. The van der Waals surface area contributed by atoms with Gasteiger partial charge in [0.1, 0.15) is 5.75 Å². The molecular weight excluding hydrogens is 384 g/mol. The molecular formula is C20H19ClN2O5. The van der Waals surface area contributed by atoms with Crippen LogP contribution in [0.25, 0.3) is 0 Å². The second kappa shape index (κ2) is 8.75. The third-order valence-electron chi connectivity index (χ3n) is 4.17. The van der Waals surface area contributed by atoms with Gasteiger partial charge in [-0.25, -0.2) is 0 Å². The van der Waals surface area contributed by atoms with Crippen molar-refractivity contribution < 1.29 is 23.9 Å². The second-order valence-corrected chi connectivity index (χ2v) is 6.63. The number of halogens is 1. The van der Waals surface area contributed by atoms with Gasteiger partial charge < -0.3 is 19.7 Å². The number of hydrogen-bond acceptors (Lipinski definition) is 5. The van der Waals surface area contributed by atoms with Crippen LogP contribution in [0.4, 0.5) is 11.4 Å². The van der Waals surface area contributed by atoms with Crippen LogP contribution in [-0.2, 0) is 19.1 Å². The van der Waals surface area contributed by atoms with Crippen LogP contribution in [0, 0.1) is 6.92 Å². The zero-order chi connectivity index (χ0) is 20.1. The van der Waals surface area contributed by atoms with E-state index in [4.69, 9.17) is 21.1 Å². The van der Waals surface area contributed by atoms with Crippen LogP contribution in [0.15, 0.2) is 42.5 Å². The van der Waals surface area contributed by atoms with Crippen LogP contribution >= 0.6 is 11.6 Å². The fraction of sp³-hybridized carbons (Fsp3) is 0.250. The maximum atomic E-state index is 12.1. The first kappa shape index (κ1) is 19.7. The zero-order valence-electron chi connectivity index (χ0n) is 15.2. The van der Waals surface area contributed by atoms with E-state index in [2.05, 4.69) is 5.32 Å². The Bertz CT molecular complexity index is 915. The number of anilines is 2. The number of para-hydroxylation sites is 2. The van der Waals surface area contributed by atoms with Gasteiger partial charge in [0, 0.05) is 17.3 Å². The van der Waals surface area contributed by atoms with Crippen molar-refractivity contribution in [3.8, 4) is 5.75 Å². The van der Waals surface area contributed by atoms with Gasteiger partial charge in [-0.1, -0.05) is 29.8 Å². The molecule has 3 rings (SSSR count).